The second-order valence-corrected chi connectivity index (χ2v) is 10.9. The Kier molecular flexibility index (Phi) is 8.06. The third kappa shape index (κ3) is 5.44. The number of benzene rings is 2. The van der Waals surface area contributed by atoms with Gasteiger partial charge in [0.1, 0.15) is 28.6 Å². The Hall–Kier alpha value is -3.67. The zero-order chi connectivity index (χ0) is 29.3. The summed E-state index contributed by atoms with van der Waals surface area (Å²) < 4.78 is 54.1. The Balaban J connectivity index is 1.54. The fraction of sp³-hybridized carbons (Fsp3) is 0.452. The Bertz CT molecular complexity index is 1610. The molecule has 3 heterocycles. The van der Waals surface area contributed by atoms with Crippen LogP contribution in [0.1, 0.15) is 31.7 Å². The number of halogens is 2. The van der Waals surface area contributed by atoms with E-state index in [0.29, 0.717) is 71.6 Å². The number of aliphatic hydroxyl groups is 1. The van der Waals surface area contributed by atoms with Gasteiger partial charge in [-0.1, -0.05) is 13.0 Å². The predicted octanol–water partition coefficient (Wildman–Crippen LogP) is 5.05. The molecule has 11 heteroatoms. The molecule has 1 saturated heterocycles. The number of hydrogen-bond acceptors (Lipinski definition) is 9. The SMILES string of the molecule is CCc1c(F)ccc2cc(OCOC)cc(-c3ncc4c(N5CCCOCC5)nc(OCC5(CO)CC5)nc4c3F)c12. The second kappa shape index (κ2) is 11.9. The zero-order valence-electron chi connectivity index (χ0n) is 23.8. The van der Waals surface area contributed by atoms with Crippen LogP contribution in [-0.2, 0) is 15.9 Å². The van der Waals surface area contributed by atoms with Gasteiger partial charge in [-0.3, -0.25) is 4.98 Å². The molecule has 1 aliphatic carbocycles. The third-order valence-corrected chi connectivity index (χ3v) is 8.06. The van der Waals surface area contributed by atoms with Gasteiger partial charge in [0.25, 0.3) is 0 Å². The largest absolute Gasteiger partial charge is 0.468 e. The van der Waals surface area contributed by atoms with Crippen molar-refractivity contribution in [1.29, 1.82) is 0 Å². The van der Waals surface area contributed by atoms with E-state index in [2.05, 4.69) is 15.0 Å². The topological polar surface area (TPSA) is 99.1 Å². The summed E-state index contributed by atoms with van der Waals surface area (Å²) in [6, 6.07) is 6.51. The molecule has 1 aliphatic heterocycles. The molecule has 1 saturated carbocycles. The van der Waals surface area contributed by atoms with Gasteiger partial charge in [0.2, 0.25) is 0 Å². The first kappa shape index (κ1) is 28.4. The molecule has 42 heavy (non-hydrogen) atoms. The number of aromatic nitrogens is 3. The van der Waals surface area contributed by atoms with E-state index in [-0.39, 0.29) is 48.5 Å². The second-order valence-electron chi connectivity index (χ2n) is 10.9. The summed E-state index contributed by atoms with van der Waals surface area (Å²) in [6.45, 7) is 4.46. The molecule has 0 amide bonds. The van der Waals surface area contributed by atoms with Crippen molar-refractivity contribution in [3.63, 3.8) is 0 Å². The number of methoxy groups -OCH3 is 1. The van der Waals surface area contributed by atoms with E-state index in [1.807, 2.05) is 11.8 Å². The van der Waals surface area contributed by atoms with Gasteiger partial charge in [-0.25, -0.2) is 8.78 Å². The van der Waals surface area contributed by atoms with E-state index in [0.717, 1.165) is 19.3 Å². The number of anilines is 1. The minimum Gasteiger partial charge on any atom is -0.468 e. The van der Waals surface area contributed by atoms with Crippen LogP contribution >= 0.6 is 0 Å². The van der Waals surface area contributed by atoms with E-state index in [1.54, 1.807) is 24.4 Å². The predicted molar refractivity (Wildman–Crippen MR) is 154 cm³/mol. The lowest BCUT2D eigenvalue weighted by Crippen LogP contribution is -2.27. The summed E-state index contributed by atoms with van der Waals surface area (Å²) in [5.41, 5.74) is 0.596. The van der Waals surface area contributed by atoms with Gasteiger partial charge >= 0.3 is 6.01 Å². The molecule has 2 fully saturated rings. The number of nitrogens with zero attached hydrogens (tertiary/aromatic N) is 4. The van der Waals surface area contributed by atoms with Crippen LogP contribution in [0.25, 0.3) is 32.9 Å². The normalized spacial score (nSPS) is 16.5. The Morgan fingerprint density at radius 2 is 1.95 bits per heavy atom. The smallest absolute Gasteiger partial charge is 0.319 e. The van der Waals surface area contributed by atoms with Crippen molar-refractivity contribution in [2.45, 2.75) is 32.6 Å². The van der Waals surface area contributed by atoms with Crippen molar-refractivity contribution in [1.82, 2.24) is 15.0 Å². The quantitative estimate of drug-likeness (QED) is 0.259. The first-order chi connectivity index (χ1) is 20.5. The molecule has 222 valence electrons. The Labute approximate surface area is 242 Å². The number of rotatable bonds is 10. The fourth-order valence-electron chi connectivity index (χ4n) is 5.45. The minimum absolute atomic E-state index is 0.00418. The number of pyridine rings is 1. The van der Waals surface area contributed by atoms with E-state index in [1.165, 1.54) is 13.2 Å². The van der Waals surface area contributed by atoms with Crippen LogP contribution in [-0.4, -0.2) is 73.5 Å². The lowest BCUT2D eigenvalue weighted by molar-refractivity contribution is 0.0512. The number of aliphatic hydroxyl groups excluding tert-OH is 1. The molecule has 2 aliphatic rings. The number of fused-ring (bicyclic) bond motifs is 2. The van der Waals surface area contributed by atoms with Gasteiger partial charge in [-0.05, 0) is 60.2 Å². The van der Waals surface area contributed by atoms with Crippen LogP contribution in [0.15, 0.2) is 30.5 Å². The molecule has 0 radical (unpaired) electrons. The van der Waals surface area contributed by atoms with Crippen LogP contribution in [0.5, 0.6) is 11.8 Å². The Morgan fingerprint density at radius 3 is 2.71 bits per heavy atom. The molecule has 0 spiro atoms. The summed E-state index contributed by atoms with van der Waals surface area (Å²) >= 11 is 0. The number of hydrogen-bond donors (Lipinski definition) is 1. The number of ether oxygens (including phenoxy) is 4. The molecule has 0 unspecified atom stereocenters. The molecule has 0 bridgehead atoms. The highest BCUT2D eigenvalue weighted by atomic mass is 19.1. The molecule has 1 N–H and O–H groups in total. The average molecular weight is 581 g/mol. The lowest BCUT2D eigenvalue weighted by Gasteiger charge is -2.23. The Morgan fingerprint density at radius 1 is 1.10 bits per heavy atom. The van der Waals surface area contributed by atoms with Gasteiger partial charge in [0.15, 0.2) is 12.6 Å². The fourth-order valence-corrected chi connectivity index (χ4v) is 5.45. The maximum Gasteiger partial charge on any atom is 0.319 e. The monoisotopic (exact) mass is 580 g/mol. The van der Waals surface area contributed by atoms with Gasteiger partial charge in [-0.2, -0.15) is 9.97 Å². The zero-order valence-corrected chi connectivity index (χ0v) is 23.8. The van der Waals surface area contributed by atoms with Gasteiger partial charge < -0.3 is 29.0 Å². The molecule has 2 aromatic heterocycles. The van der Waals surface area contributed by atoms with Crippen molar-refractivity contribution < 1.29 is 32.8 Å². The first-order valence-electron chi connectivity index (χ1n) is 14.3. The molecular weight excluding hydrogens is 546 g/mol. The summed E-state index contributed by atoms with van der Waals surface area (Å²) in [5.74, 6) is -0.105. The van der Waals surface area contributed by atoms with Crippen LogP contribution in [0.3, 0.4) is 0 Å². The molecular formula is C31H34F2N4O5. The highest BCUT2D eigenvalue weighted by Gasteiger charge is 2.43. The van der Waals surface area contributed by atoms with E-state index < -0.39 is 5.82 Å². The van der Waals surface area contributed by atoms with Crippen LogP contribution in [0, 0.1) is 17.0 Å². The summed E-state index contributed by atoms with van der Waals surface area (Å²) in [7, 11) is 1.51. The first-order valence-corrected chi connectivity index (χ1v) is 14.3. The van der Waals surface area contributed by atoms with E-state index in [9.17, 15) is 9.50 Å². The van der Waals surface area contributed by atoms with E-state index in [4.69, 9.17) is 18.9 Å². The molecule has 9 nitrogen and oxygen atoms in total. The average Bonchev–Trinajstić information content (AvgIpc) is 3.83. The van der Waals surface area contributed by atoms with E-state index >= 15 is 4.39 Å². The van der Waals surface area contributed by atoms with Gasteiger partial charge in [0.05, 0.1) is 25.2 Å². The van der Waals surface area contributed by atoms with Crippen LogP contribution in [0.2, 0.25) is 0 Å². The molecule has 0 atom stereocenters. The maximum atomic E-state index is 16.7. The summed E-state index contributed by atoms with van der Waals surface area (Å²) in [4.78, 5) is 15.8. The minimum atomic E-state index is -0.674. The standard InChI is InChI=1S/C31H34F2N4O5/c1-3-21-24(32)6-5-19-13-20(42-18-39-2)14-22(25(19)21)27-26(33)28-23(15-34-27)29(37-9-4-11-40-12-10-37)36-30(35-28)41-17-31(16-38)7-8-31/h5-6,13-15,38H,3-4,7-12,16-18H2,1-2H3. The van der Waals surface area contributed by atoms with Crippen molar-refractivity contribution in [3.8, 4) is 23.0 Å². The summed E-state index contributed by atoms with van der Waals surface area (Å²) in [5, 5.41) is 11.5. The van der Waals surface area contributed by atoms with Crippen LogP contribution < -0.4 is 14.4 Å². The van der Waals surface area contributed by atoms with Crippen molar-refractivity contribution in [2.75, 3.05) is 58.3 Å². The molecule has 6 rings (SSSR count). The maximum absolute atomic E-state index is 16.7. The highest BCUT2D eigenvalue weighted by molar-refractivity contribution is 6.01. The third-order valence-electron chi connectivity index (χ3n) is 8.06. The van der Waals surface area contributed by atoms with Gasteiger partial charge in [-0.15, -0.1) is 0 Å². The van der Waals surface area contributed by atoms with Crippen molar-refractivity contribution in [3.05, 3.63) is 47.7 Å². The number of aryl methyl sites for hydroxylation is 1. The molecule has 2 aromatic carbocycles. The summed E-state index contributed by atoms with van der Waals surface area (Å²) in [6.07, 6.45) is 4.45. The highest BCUT2D eigenvalue weighted by Crippen LogP contribution is 2.45. The lowest BCUT2D eigenvalue weighted by atomic mass is 9.94. The van der Waals surface area contributed by atoms with Gasteiger partial charge in [0, 0.05) is 44.0 Å². The van der Waals surface area contributed by atoms with Crippen molar-refractivity contribution >= 4 is 27.5 Å². The van der Waals surface area contributed by atoms with Crippen LogP contribution in [0.4, 0.5) is 14.6 Å². The molecule has 4 aromatic rings. The van der Waals surface area contributed by atoms with Crippen molar-refractivity contribution in [2.24, 2.45) is 5.41 Å².